The molecular weight excluding hydrogens is 400 g/mol. The Morgan fingerprint density at radius 1 is 0.312 bits per heavy atom. The Kier molecular flexibility index (Phi) is 5.65. The van der Waals surface area contributed by atoms with Crippen LogP contribution in [0.5, 0.6) is 0 Å². The van der Waals surface area contributed by atoms with Crippen LogP contribution in [-0.2, 0) is 18.9 Å². The van der Waals surface area contributed by atoms with Gasteiger partial charge in [-0.05, 0) is 51.4 Å². The normalized spacial score (nSPS) is 48.8. The van der Waals surface area contributed by atoms with Crippen molar-refractivity contribution < 1.29 is 18.9 Å². The lowest BCUT2D eigenvalue weighted by Gasteiger charge is -2.43. The smallest absolute Gasteiger partial charge is 0.0655 e. The van der Waals surface area contributed by atoms with Crippen molar-refractivity contribution in [2.45, 2.75) is 156 Å². The molecule has 184 valence electrons. The molecule has 0 saturated carbocycles. The van der Waals surface area contributed by atoms with E-state index in [1.165, 1.54) is 0 Å². The Labute approximate surface area is 196 Å². The van der Waals surface area contributed by atoms with E-state index in [2.05, 4.69) is 55.4 Å². The molecule has 0 aromatic heterocycles. The van der Waals surface area contributed by atoms with Crippen molar-refractivity contribution in [3.8, 4) is 0 Å². The summed E-state index contributed by atoms with van der Waals surface area (Å²) in [4.78, 5) is 0. The number of fused-ring (bicyclic) bond motifs is 8. The zero-order chi connectivity index (χ0) is 23.1. The summed E-state index contributed by atoms with van der Waals surface area (Å²) in [6.07, 6.45) is 11.1. The van der Waals surface area contributed by atoms with Crippen LogP contribution in [0.1, 0.15) is 107 Å². The van der Waals surface area contributed by atoms with Gasteiger partial charge in [-0.3, -0.25) is 0 Å². The van der Waals surface area contributed by atoms with E-state index in [4.69, 9.17) is 18.9 Å². The minimum Gasteiger partial charge on any atom is -0.374 e. The average molecular weight is 449 g/mol. The highest BCUT2D eigenvalue weighted by Crippen LogP contribution is 2.53. The van der Waals surface area contributed by atoms with Gasteiger partial charge in [0.1, 0.15) is 0 Å². The summed E-state index contributed by atoms with van der Waals surface area (Å²) >= 11 is 0. The van der Waals surface area contributed by atoms with Gasteiger partial charge in [0.15, 0.2) is 0 Å². The molecule has 0 N–H and O–H groups in total. The van der Waals surface area contributed by atoms with E-state index in [0.29, 0.717) is 0 Å². The van der Waals surface area contributed by atoms with Crippen LogP contribution in [0.3, 0.4) is 0 Å². The molecule has 4 nitrogen and oxygen atoms in total. The predicted molar refractivity (Wildman–Crippen MR) is 127 cm³/mol. The molecule has 32 heavy (non-hydrogen) atoms. The molecule has 5 fully saturated rings. The fourth-order valence-corrected chi connectivity index (χ4v) is 7.76. The van der Waals surface area contributed by atoms with Gasteiger partial charge in [0, 0.05) is 21.7 Å². The topological polar surface area (TPSA) is 36.9 Å². The standard InChI is InChI=1S/C28H48O4/c1-25(2)17-9-11-19(29-17)26(3,4)21-13-15-23(31-21)28(7,8)24-16-14-22(32-24)27(5,6)20-12-10-18(25)30-20/h17-24H,9-16H2,1-8H3/t17-,18+,19-,20-,21+,22+,23+,24-. The molecule has 0 aromatic rings. The van der Waals surface area contributed by atoms with E-state index in [1.54, 1.807) is 0 Å². The molecular formula is C28H48O4. The molecule has 4 heteroatoms. The monoisotopic (exact) mass is 448 g/mol. The summed E-state index contributed by atoms with van der Waals surface area (Å²) in [5.41, 5.74) is 0.0828. The van der Waals surface area contributed by atoms with Crippen LogP contribution in [0.15, 0.2) is 0 Å². The van der Waals surface area contributed by atoms with Crippen LogP contribution in [-0.4, -0.2) is 48.8 Å². The first-order valence-electron chi connectivity index (χ1n) is 13.5. The van der Waals surface area contributed by atoms with Gasteiger partial charge in [-0.1, -0.05) is 55.4 Å². The third-order valence-corrected chi connectivity index (χ3v) is 10.7. The molecule has 0 spiro atoms. The molecule has 0 aliphatic carbocycles. The predicted octanol–water partition coefficient (Wildman–Crippen LogP) is 6.30. The van der Waals surface area contributed by atoms with Crippen LogP contribution in [0.2, 0.25) is 0 Å². The van der Waals surface area contributed by atoms with Gasteiger partial charge < -0.3 is 18.9 Å². The zero-order valence-electron chi connectivity index (χ0n) is 21.9. The van der Waals surface area contributed by atoms with E-state index in [1.807, 2.05) is 0 Å². The number of hydrogen-bond acceptors (Lipinski definition) is 4. The first kappa shape index (κ1) is 23.6. The summed E-state index contributed by atoms with van der Waals surface area (Å²) in [6, 6.07) is 0. The van der Waals surface area contributed by atoms with Gasteiger partial charge in [-0.15, -0.1) is 0 Å². The van der Waals surface area contributed by atoms with Crippen LogP contribution < -0.4 is 0 Å². The van der Waals surface area contributed by atoms with E-state index < -0.39 is 0 Å². The number of hydrogen-bond donors (Lipinski definition) is 0. The molecule has 0 aromatic carbocycles. The molecule has 5 saturated heterocycles. The van der Waals surface area contributed by atoms with Crippen LogP contribution in [0.25, 0.3) is 0 Å². The zero-order valence-corrected chi connectivity index (χ0v) is 21.9. The Morgan fingerprint density at radius 3 is 0.562 bits per heavy atom. The fraction of sp³-hybridized carbons (Fsp3) is 1.00. The van der Waals surface area contributed by atoms with Gasteiger partial charge in [0.05, 0.1) is 48.8 Å². The SMILES string of the molecule is CC1(C)[C@@H]2CC[C@H](O2)C(C)(C)[C@H]2CC[C@@H](O2)C(C)(C)[C@@H]2CC[C@@H](O2)C(C)(C)[C@@H]2CC[C@H]1O2. The van der Waals surface area contributed by atoms with Crippen LogP contribution in [0.4, 0.5) is 0 Å². The van der Waals surface area contributed by atoms with Gasteiger partial charge in [0.25, 0.3) is 0 Å². The molecule has 8 atom stereocenters. The Morgan fingerprint density at radius 2 is 0.438 bits per heavy atom. The van der Waals surface area contributed by atoms with Crippen LogP contribution >= 0.6 is 0 Å². The molecule has 5 heterocycles. The Bertz CT molecular complexity index is 542. The quantitative estimate of drug-likeness (QED) is 0.436. The first-order valence-corrected chi connectivity index (χ1v) is 13.5. The average Bonchev–Trinajstić information content (AvgIpc) is 3.53. The van der Waals surface area contributed by atoms with Gasteiger partial charge in [-0.2, -0.15) is 0 Å². The second-order valence-corrected chi connectivity index (χ2v) is 14.0. The lowest BCUT2D eigenvalue weighted by molar-refractivity contribution is -0.183. The van der Waals surface area contributed by atoms with E-state index in [9.17, 15) is 0 Å². The fourth-order valence-electron chi connectivity index (χ4n) is 7.76. The number of ether oxygens (including phenoxy) is 4. The maximum absolute atomic E-state index is 6.87. The third-order valence-electron chi connectivity index (χ3n) is 10.7. The van der Waals surface area contributed by atoms with Crippen molar-refractivity contribution in [2.75, 3.05) is 0 Å². The lowest BCUT2D eigenvalue weighted by atomic mass is 9.76. The molecule has 5 rings (SSSR count). The largest absolute Gasteiger partial charge is 0.374 e. The Hall–Kier alpha value is -0.160. The summed E-state index contributed by atoms with van der Waals surface area (Å²) in [7, 11) is 0. The van der Waals surface area contributed by atoms with E-state index >= 15 is 0 Å². The second kappa shape index (κ2) is 7.67. The van der Waals surface area contributed by atoms with E-state index in [0.717, 1.165) is 51.4 Å². The maximum atomic E-state index is 6.87. The van der Waals surface area contributed by atoms with Crippen molar-refractivity contribution in [1.82, 2.24) is 0 Å². The third kappa shape index (κ3) is 3.53. The highest BCUT2D eigenvalue weighted by atomic mass is 16.5. The lowest BCUT2D eigenvalue weighted by Crippen LogP contribution is -2.48. The van der Waals surface area contributed by atoms with Crippen LogP contribution in [0, 0.1) is 21.7 Å². The van der Waals surface area contributed by atoms with Gasteiger partial charge in [-0.25, -0.2) is 0 Å². The van der Waals surface area contributed by atoms with Crippen molar-refractivity contribution in [1.29, 1.82) is 0 Å². The maximum Gasteiger partial charge on any atom is 0.0655 e. The summed E-state index contributed by atoms with van der Waals surface area (Å²) in [6.45, 7) is 19.0. The molecule has 0 unspecified atom stereocenters. The molecule has 0 radical (unpaired) electrons. The molecule has 5 aliphatic rings. The Balaban J connectivity index is 1.48. The van der Waals surface area contributed by atoms with Crippen molar-refractivity contribution >= 4 is 0 Å². The van der Waals surface area contributed by atoms with Gasteiger partial charge >= 0.3 is 0 Å². The van der Waals surface area contributed by atoms with E-state index in [-0.39, 0.29) is 70.5 Å². The second-order valence-electron chi connectivity index (χ2n) is 14.0. The minimum atomic E-state index is 0.0207. The summed E-state index contributed by atoms with van der Waals surface area (Å²) in [5, 5.41) is 0. The summed E-state index contributed by atoms with van der Waals surface area (Å²) < 4.78 is 27.5. The van der Waals surface area contributed by atoms with Crippen molar-refractivity contribution in [3.05, 3.63) is 0 Å². The molecule has 0 amide bonds. The number of rotatable bonds is 0. The molecule has 8 bridgehead atoms. The summed E-state index contributed by atoms with van der Waals surface area (Å²) in [5.74, 6) is 0. The minimum absolute atomic E-state index is 0.0207. The highest BCUT2D eigenvalue weighted by Gasteiger charge is 2.56. The molecule has 5 aliphatic heterocycles. The first-order chi connectivity index (χ1) is 14.8. The van der Waals surface area contributed by atoms with Gasteiger partial charge in [0.2, 0.25) is 0 Å². The highest BCUT2D eigenvalue weighted by molar-refractivity contribution is 5.04. The van der Waals surface area contributed by atoms with Crippen molar-refractivity contribution in [3.63, 3.8) is 0 Å². The van der Waals surface area contributed by atoms with Crippen molar-refractivity contribution in [2.24, 2.45) is 21.7 Å².